The third-order valence-electron chi connectivity index (χ3n) is 4.76. The monoisotopic (exact) mass is 368 g/mol. The minimum atomic E-state index is -0.689. The van der Waals surface area contributed by atoms with Gasteiger partial charge in [0.15, 0.2) is 0 Å². The molecule has 0 bridgehead atoms. The number of aromatic nitrogens is 1. The Kier molecular flexibility index (Phi) is 5.69. The fourth-order valence-corrected chi connectivity index (χ4v) is 3.35. The first kappa shape index (κ1) is 18.8. The number of nitrogens with zero attached hydrogens (tertiary/aromatic N) is 2. The lowest BCUT2D eigenvalue weighted by Gasteiger charge is -2.27. The van der Waals surface area contributed by atoms with Crippen LogP contribution in [0.5, 0.6) is 0 Å². The fraction of sp³-hybridized carbons (Fsp3) is 0.400. The Morgan fingerprint density at radius 1 is 1.19 bits per heavy atom. The molecule has 1 saturated heterocycles. The Bertz CT molecular complexity index is 790. The van der Waals surface area contributed by atoms with Crippen LogP contribution in [-0.2, 0) is 14.4 Å². The highest BCUT2D eigenvalue weighted by atomic mass is 16.2. The highest BCUT2D eigenvalue weighted by molar-refractivity contribution is 5.98. The summed E-state index contributed by atoms with van der Waals surface area (Å²) >= 11 is 0. The molecule has 0 aromatic carbocycles. The zero-order chi connectivity index (χ0) is 19.4. The number of aryl methyl sites for hydroxylation is 1. The Morgan fingerprint density at radius 2 is 1.93 bits per heavy atom. The van der Waals surface area contributed by atoms with Gasteiger partial charge in [0.25, 0.3) is 0 Å². The second-order valence-corrected chi connectivity index (χ2v) is 6.87. The Hall–Kier alpha value is -2.96. The summed E-state index contributed by atoms with van der Waals surface area (Å²) in [6, 6.07) is 4.15. The van der Waals surface area contributed by atoms with Gasteiger partial charge in [-0.15, -0.1) is 0 Å². The van der Waals surface area contributed by atoms with E-state index in [2.05, 4.69) is 15.6 Å². The molecule has 2 heterocycles. The molecule has 3 amide bonds. The average molecular weight is 368 g/mol. The van der Waals surface area contributed by atoms with Crippen LogP contribution in [0.15, 0.2) is 42.5 Å². The molecule has 0 radical (unpaired) electrons. The van der Waals surface area contributed by atoms with Crippen molar-refractivity contribution in [3.63, 3.8) is 0 Å². The van der Waals surface area contributed by atoms with E-state index in [4.69, 9.17) is 0 Å². The van der Waals surface area contributed by atoms with E-state index in [1.165, 1.54) is 0 Å². The molecule has 0 saturated carbocycles. The van der Waals surface area contributed by atoms with Crippen LogP contribution in [0.25, 0.3) is 0 Å². The van der Waals surface area contributed by atoms with Crippen molar-refractivity contribution in [3.8, 4) is 0 Å². The number of carbonyl (C=O) groups excluding carboxylic acids is 3. The zero-order valence-electron chi connectivity index (χ0n) is 15.5. The van der Waals surface area contributed by atoms with E-state index in [-0.39, 0.29) is 23.6 Å². The van der Waals surface area contributed by atoms with E-state index in [9.17, 15) is 14.4 Å². The molecule has 7 heteroatoms. The molecular weight excluding hydrogens is 344 g/mol. The number of likely N-dealkylation sites (tertiary alicyclic amines) is 1. The quantitative estimate of drug-likeness (QED) is 0.825. The van der Waals surface area contributed by atoms with Crippen LogP contribution < -0.4 is 10.6 Å². The maximum Gasteiger partial charge on any atom is 0.248 e. The van der Waals surface area contributed by atoms with Crippen molar-refractivity contribution in [2.24, 2.45) is 5.92 Å². The van der Waals surface area contributed by atoms with Gasteiger partial charge in [0, 0.05) is 12.2 Å². The van der Waals surface area contributed by atoms with Gasteiger partial charge in [-0.2, -0.15) is 0 Å². The maximum absolute atomic E-state index is 12.8. The second kappa shape index (κ2) is 8.16. The summed E-state index contributed by atoms with van der Waals surface area (Å²) in [5.74, 6) is -0.584. The first-order chi connectivity index (χ1) is 13.0. The van der Waals surface area contributed by atoms with Gasteiger partial charge >= 0.3 is 0 Å². The van der Waals surface area contributed by atoms with Crippen LogP contribution in [0.4, 0.5) is 5.82 Å². The zero-order valence-corrected chi connectivity index (χ0v) is 15.5. The Morgan fingerprint density at radius 3 is 2.63 bits per heavy atom. The molecule has 0 spiro atoms. The molecule has 7 nitrogen and oxygen atoms in total. The molecule has 2 aliphatic rings. The molecule has 2 atom stereocenters. The first-order valence-electron chi connectivity index (χ1n) is 9.16. The van der Waals surface area contributed by atoms with Crippen LogP contribution in [0, 0.1) is 12.8 Å². The number of anilines is 1. The minimum absolute atomic E-state index is 0.218. The normalized spacial score (nSPS) is 19.9. The van der Waals surface area contributed by atoms with Gasteiger partial charge in [0.1, 0.15) is 17.9 Å². The van der Waals surface area contributed by atoms with E-state index in [0.29, 0.717) is 18.8 Å². The minimum Gasteiger partial charge on any atom is -0.344 e. The van der Waals surface area contributed by atoms with E-state index < -0.39 is 12.1 Å². The molecule has 1 aromatic rings. The fourth-order valence-electron chi connectivity index (χ4n) is 3.35. The summed E-state index contributed by atoms with van der Waals surface area (Å²) in [6.45, 7) is 4.00. The van der Waals surface area contributed by atoms with Crippen LogP contribution in [0.2, 0.25) is 0 Å². The van der Waals surface area contributed by atoms with Gasteiger partial charge < -0.3 is 15.5 Å². The summed E-state index contributed by atoms with van der Waals surface area (Å²) in [4.78, 5) is 43.5. The van der Waals surface area contributed by atoms with Crippen LogP contribution in [0.3, 0.4) is 0 Å². The summed E-state index contributed by atoms with van der Waals surface area (Å²) in [6.07, 6.45) is 8.49. The SMILES string of the molecule is Cc1cccc(NC(=O)[C@@H]2CCCN2C(=O)[C@H](C)NC(=O)C2C=CC=C2)n1. The summed E-state index contributed by atoms with van der Waals surface area (Å²) in [5, 5.41) is 5.52. The highest BCUT2D eigenvalue weighted by Gasteiger charge is 2.36. The van der Waals surface area contributed by atoms with Gasteiger partial charge in [0.2, 0.25) is 17.7 Å². The molecule has 1 fully saturated rings. The molecule has 3 rings (SSSR count). The number of rotatable bonds is 5. The third-order valence-corrected chi connectivity index (χ3v) is 4.76. The smallest absolute Gasteiger partial charge is 0.248 e. The van der Waals surface area contributed by atoms with E-state index in [1.807, 2.05) is 19.1 Å². The number of pyridine rings is 1. The lowest BCUT2D eigenvalue weighted by Crippen LogP contribution is -2.52. The summed E-state index contributed by atoms with van der Waals surface area (Å²) in [7, 11) is 0. The van der Waals surface area contributed by atoms with Gasteiger partial charge in [-0.3, -0.25) is 14.4 Å². The molecule has 1 aromatic heterocycles. The second-order valence-electron chi connectivity index (χ2n) is 6.87. The molecule has 0 unspecified atom stereocenters. The molecule has 1 aliphatic carbocycles. The van der Waals surface area contributed by atoms with Crippen molar-refractivity contribution in [1.82, 2.24) is 15.2 Å². The highest BCUT2D eigenvalue weighted by Crippen LogP contribution is 2.20. The number of hydrogen-bond acceptors (Lipinski definition) is 4. The number of hydrogen-bond donors (Lipinski definition) is 2. The molecule has 142 valence electrons. The van der Waals surface area contributed by atoms with E-state index in [1.54, 1.807) is 42.2 Å². The van der Waals surface area contributed by atoms with Gasteiger partial charge in [-0.05, 0) is 38.8 Å². The van der Waals surface area contributed by atoms with Gasteiger partial charge in [-0.1, -0.05) is 30.4 Å². The predicted molar refractivity (Wildman–Crippen MR) is 102 cm³/mol. The standard InChI is InChI=1S/C20H24N4O3/c1-13-7-5-11-17(21-13)23-19(26)16-10-6-12-24(16)20(27)14(2)22-18(25)15-8-3-4-9-15/h3-5,7-9,11,14-16H,6,10,12H2,1-2H3,(H,22,25)(H,21,23,26)/t14-,16-/m0/s1. The topological polar surface area (TPSA) is 91.4 Å². The van der Waals surface area contributed by atoms with Crippen molar-refractivity contribution in [3.05, 3.63) is 48.2 Å². The number of amides is 3. The average Bonchev–Trinajstić information content (AvgIpc) is 3.32. The number of nitrogens with one attached hydrogen (secondary N) is 2. The Balaban J connectivity index is 1.61. The Labute approximate surface area is 158 Å². The van der Waals surface area contributed by atoms with Crippen LogP contribution in [0.1, 0.15) is 25.5 Å². The van der Waals surface area contributed by atoms with Crippen molar-refractivity contribution in [2.75, 3.05) is 11.9 Å². The lowest BCUT2D eigenvalue weighted by atomic mass is 10.1. The van der Waals surface area contributed by atoms with Crippen LogP contribution >= 0.6 is 0 Å². The molecule has 2 N–H and O–H groups in total. The largest absolute Gasteiger partial charge is 0.344 e. The van der Waals surface area contributed by atoms with E-state index >= 15 is 0 Å². The molecule has 1 aliphatic heterocycles. The molecular formula is C20H24N4O3. The van der Waals surface area contributed by atoms with Crippen molar-refractivity contribution >= 4 is 23.5 Å². The maximum atomic E-state index is 12.8. The summed E-state index contributed by atoms with van der Waals surface area (Å²) in [5.41, 5.74) is 0.804. The van der Waals surface area contributed by atoms with Crippen molar-refractivity contribution in [1.29, 1.82) is 0 Å². The van der Waals surface area contributed by atoms with Gasteiger partial charge in [0.05, 0.1) is 5.92 Å². The van der Waals surface area contributed by atoms with Gasteiger partial charge in [-0.25, -0.2) is 4.98 Å². The first-order valence-corrected chi connectivity index (χ1v) is 9.16. The predicted octanol–water partition coefficient (Wildman–Crippen LogP) is 1.57. The third kappa shape index (κ3) is 4.42. The van der Waals surface area contributed by atoms with Crippen LogP contribution in [-0.4, -0.2) is 46.2 Å². The number of allylic oxidation sites excluding steroid dienone is 2. The lowest BCUT2D eigenvalue weighted by molar-refractivity contribution is -0.139. The van der Waals surface area contributed by atoms with E-state index in [0.717, 1.165) is 12.1 Å². The number of carbonyl (C=O) groups is 3. The summed E-state index contributed by atoms with van der Waals surface area (Å²) < 4.78 is 0. The van der Waals surface area contributed by atoms with Crippen molar-refractivity contribution < 1.29 is 14.4 Å². The van der Waals surface area contributed by atoms with Crippen molar-refractivity contribution in [2.45, 2.75) is 38.8 Å². The molecule has 27 heavy (non-hydrogen) atoms.